The molecule has 3 N–H and O–H groups in total. The number of hydrogen-bond donors (Lipinski definition) is 2. The molecule has 0 aliphatic carbocycles. The summed E-state index contributed by atoms with van der Waals surface area (Å²) in [5.74, 6) is 0. The number of piperidine rings is 1. The van der Waals surface area contributed by atoms with Crippen LogP contribution in [0.2, 0.25) is 0 Å². The number of nitrogens with two attached hydrogens (primary N) is 1. The van der Waals surface area contributed by atoms with Gasteiger partial charge in [0.15, 0.2) is 0 Å². The van der Waals surface area contributed by atoms with E-state index in [1.165, 1.54) is 0 Å². The van der Waals surface area contributed by atoms with E-state index in [1.54, 1.807) is 4.90 Å². The zero-order chi connectivity index (χ0) is 13.6. The molecule has 2 atom stereocenters. The van der Waals surface area contributed by atoms with Crippen LogP contribution in [-0.4, -0.2) is 52.7 Å². The topological polar surface area (TPSA) is 85.0 Å². The summed E-state index contributed by atoms with van der Waals surface area (Å²) >= 11 is 0. The number of fused-ring (bicyclic) bond motifs is 2. The summed E-state index contributed by atoms with van der Waals surface area (Å²) in [5.41, 5.74) is 4.04. The van der Waals surface area contributed by atoms with Crippen LogP contribution in [0.3, 0.4) is 0 Å². The van der Waals surface area contributed by atoms with Gasteiger partial charge in [-0.1, -0.05) is 0 Å². The third kappa shape index (κ3) is 2.93. The number of carbonyl (C=O) groups excluding carboxylic acids is 1. The van der Waals surface area contributed by atoms with E-state index in [0.29, 0.717) is 26.1 Å². The highest BCUT2D eigenvalue weighted by atomic mass is 16.6. The van der Waals surface area contributed by atoms with E-state index >= 15 is 0 Å². The van der Waals surface area contributed by atoms with Crippen LogP contribution in [-0.2, 0) is 9.47 Å². The van der Waals surface area contributed by atoms with E-state index < -0.39 is 11.3 Å². The van der Waals surface area contributed by atoms with Gasteiger partial charge in [-0.25, -0.2) is 4.79 Å². The summed E-state index contributed by atoms with van der Waals surface area (Å²) in [5, 5.41) is 9.96. The fraction of sp³-hybridized carbons (Fsp3) is 0.917. The van der Waals surface area contributed by atoms with Gasteiger partial charge in [0.05, 0.1) is 25.3 Å². The van der Waals surface area contributed by atoms with Crippen molar-refractivity contribution in [2.45, 2.75) is 57.0 Å². The average molecular weight is 258 g/mol. The molecule has 0 radical (unpaired) electrons. The predicted molar refractivity (Wildman–Crippen MR) is 64.8 cm³/mol. The molecule has 0 aromatic heterocycles. The van der Waals surface area contributed by atoms with Crippen molar-refractivity contribution < 1.29 is 19.4 Å². The third-order valence-electron chi connectivity index (χ3n) is 3.19. The molecular weight excluding hydrogens is 236 g/mol. The van der Waals surface area contributed by atoms with Gasteiger partial charge in [-0.2, -0.15) is 0 Å². The summed E-state index contributed by atoms with van der Waals surface area (Å²) in [6, 6.07) is -0.412. The van der Waals surface area contributed by atoms with Crippen molar-refractivity contribution in [1.29, 1.82) is 0 Å². The summed E-state index contributed by atoms with van der Waals surface area (Å²) in [6.45, 7) is 6.30. The van der Waals surface area contributed by atoms with Crippen molar-refractivity contribution >= 4 is 6.09 Å². The van der Waals surface area contributed by atoms with Crippen molar-refractivity contribution in [2.24, 2.45) is 5.73 Å². The Balaban J connectivity index is 2.11. The molecule has 6 heteroatoms. The maximum absolute atomic E-state index is 12.2. The van der Waals surface area contributed by atoms with Gasteiger partial charge in [0.2, 0.25) is 0 Å². The molecule has 2 fully saturated rings. The molecule has 2 aliphatic heterocycles. The number of nitrogens with zero attached hydrogens (tertiary/aromatic N) is 1. The van der Waals surface area contributed by atoms with Gasteiger partial charge in [0, 0.05) is 12.8 Å². The first-order valence-corrected chi connectivity index (χ1v) is 6.28. The Morgan fingerprint density at radius 1 is 1.39 bits per heavy atom. The van der Waals surface area contributed by atoms with E-state index in [1.807, 2.05) is 20.8 Å². The second kappa shape index (κ2) is 4.36. The molecule has 18 heavy (non-hydrogen) atoms. The van der Waals surface area contributed by atoms with Gasteiger partial charge in [0.25, 0.3) is 0 Å². The second-order valence-corrected chi connectivity index (χ2v) is 6.24. The van der Waals surface area contributed by atoms with E-state index in [9.17, 15) is 9.90 Å². The molecule has 0 aromatic rings. The minimum absolute atomic E-state index is 0.206. The van der Waals surface area contributed by atoms with Crippen molar-refractivity contribution in [3.8, 4) is 0 Å². The maximum atomic E-state index is 12.2. The smallest absolute Gasteiger partial charge is 0.410 e. The first-order valence-electron chi connectivity index (χ1n) is 6.28. The molecule has 2 aliphatic rings. The quantitative estimate of drug-likeness (QED) is 0.616. The number of aliphatic hydroxyl groups is 1. The number of carbonyl (C=O) groups is 1. The van der Waals surface area contributed by atoms with Gasteiger partial charge < -0.3 is 20.3 Å². The molecule has 2 saturated heterocycles. The highest BCUT2D eigenvalue weighted by Gasteiger charge is 2.47. The molecule has 2 heterocycles. The number of rotatable bonds is 0. The molecule has 6 nitrogen and oxygen atoms in total. The van der Waals surface area contributed by atoms with Gasteiger partial charge >= 0.3 is 6.09 Å². The van der Waals surface area contributed by atoms with E-state index in [2.05, 4.69) is 0 Å². The van der Waals surface area contributed by atoms with E-state index in [-0.39, 0.29) is 18.2 Å². The lowest BCUT2D eigenvalue weighted by Gasteiger charge is -2.50. The normalized spacial score (nSPS) is 36.4. The Hall–Kier alpha value is -0.850. The van der Waals surface area contributed by atoms with Crippen LogP contribution in [0.1, 0.15) is 33.6 Å². The lowest BCUT2D eigenvalue weighted by atomic mass is 9.88. The molecule has 0 aromatic carbocycles. The van der Waals surface area contributed by atoms with Crippen LogP contribution in [0.15, 0.2) is 0 Å². The number of amides is 1. The predicted octanol–water partition coefficient (Wildman–Crippen LogP) is 0.432. The lowest BCUT2D eigenvalue weighted by Crippen LogP contribution is -2.66. The Morgan fingerprint density at radius 2 is 1.89 bits per heavy atom. The van der Waals surface area contributed by atoms with Crippen LogP contribution in [0.5, 0.6) is 0 Å². The SMILES string of the molecule is CC(C)(C)OC(=O)N1C2COCC1CC(N)(O)C2. The monoisotopic (exact) mass is 258 g/mol. The molecule has 1 amide bonds. The van der Waals surface area contributed by atoms with Crippen LogP contribution in [0.25, 0.3) is 0 Å². The zero-order valence-corrected chi connectivity index (χ0v) is 11.2. The number of morpholine rings is 1. The molecule has 2 rings (SSSR count). The Morgan fingerprint density at radius 3 is 2.33 bits per heavy atom. The third-order valence-corrected chi connectivity index (χ3v) is 3.19. The summed E-state index contributed by atoms with van der Waals surface area (Å²) in [4.78, 5) is 13.8. The molecular formula is C12H22N2O4. The van der Waals surface area contributed by atoms with Gasteiger partial charge in [0.1, 0.15) is 11.3 Å². The fourth-order valence-electron chi connectivity index (χ4n) is 2.63. The first kappa shape index (κ1) is 13.6. The van der Waals surface area contributed by atoms with Crippen molar-refractivity contribution in [3.05, 3.63) is 0 Å². The van der Waals surface area contributed by atoms with Crippen molar-refractivity contribution in [2.75, 3.05) is 13.2 Å². The Bertz CT molecular complexity index is 321. The highest BCUT2D eigenvalue weighted by Crippen LogP contribution is 2.32. The van der Waals surface area contributed by atoms with Crippen LogP contribution in [0.4, 0.5) is 4.79 Å². The number of ether oxygens (including phenoxy) is 2. The van der Waals surface area contributed by atoms with Crippen LogP contribution >= 0.6 is 0 Å². The van der Waals surface area contributed by atoms with Crippen LogP contribution in [0, 0.1) is 0 Å². The molecule has 0 saturated carbocycles. The summed E-state index contributed by atoms with van der Waals surface area (Å²) < 4.78 is 10.8. The average Bonchev–Trinajstić information content (AvgIpc) is 2.11. The van der Waals surface area contributed by atoms with Gasteiger partial charge in [-0.15, -0.1) is 0 Å². The minimum atomic E-state index is -1.21. The lowest BCUT2D eigenvalue weighted by molar-refractivity contribution is -0.135. The van der Waals surface area contributed by atoms with E-state index in [4.69, 9.17) is 15.2 Å². The molecule has 2 bridgehead atoms. The minimum Gasteiger partial charge on any atom is -0.444 e. The molecule has 2 unspecified atom stereocenters. The van der Waals surface area contributed by atoms with Gasteiger partial charge in [-0.3, -0.25) is 4.90 Å². The number of hydrogen-bond acceptors (Lipinski definition) is 5. The second-order valence-electron chi connectivity index (χ2n) is 6.24. The maximum Gasteiger partial charge on any atom is 0.410 e. The van der Waals surface area contributed by atoms with Crippen LogP contribution < -0.4 is 5.73 Å². The zero-order valence-electron chi connectivity index (χ0n) is 11.2. The molecule has 104 valence electrons. The Kier molecular flexibility index (Phi) is 3.29. The van der Waals surface area contributed by atoms with Gasteiger partial charge in [-0.05, 0) is 20.8 Å². The first-order chi connectivity index (χ1) is 8.18. The Labute approximate surface area is 107 Å². The standard InChI is InChI=1S/C12H22N2O4/c1-11(2,3)18-10(15)14-8-4-12(13,16)5-9(14)7-17-6-8/h8-9,16H,4-7,13H2,1-3H3. The van der Waals surface area contributed by atoms with Crippen molar-refractivity contribution in [1.82, 2.24) is 4.90 Å². The summed E-state index contributed by atoms with van der Waals surface area (Å²) in [7, 11) is 0. The fourth-order valence-corrected chi connectivity index (χ4v) is 2.63. The van der Waals surface area contributed by atoms with E-state index in [0.717, 1.165) is 0 Å². The van der Waals surface area contributed by atoms with Crippen molar-refractivity contribution in [3.63, 3.8) is 0 Å². The molecule has 0 spiro atoms. The summed E-state index contributed by atoms with van der Waals surface area (Å²) in [6.07, 6.45) is 0.294. The highest BCUT2D eigenvalue weighted by molar-refractivity contribution is 5.69. The largest absolute Gasteiger partial charge is 0.444 e.